The number of halogens is 3. The van der Waals surface area contributed by atoms with Gasteiger partial charge in [0.05, 0.1) is 18.7 Å². The maximum Gasteiger partial charge on any atom is 0.416 e. The molecule has 3 aromatic rings. The van der Waals surface area contributed by atoms with Crippen LogP contribution in [0.4, 0.5) is 13.2 Å². The number of H-pyrrole nitrogens is 1. The van der Waals surface area contributed by atoms with E-state index in [1.54, 1.807) is 0 Å². The number of hydrogen-bond acceptors (Lipinski definition) is 6. The highest BCUT2D eigenvalue weighted by Crippen LogP contribution is 2.31. The third-order valence-electron chi connectivity index (χ3n) is 5.56. The predicted molar refractivity (Wildman–Crippen MR) is 111 cm³/mol. The van der Waals surface area contributed by atoms with Gasteiger partial charge in [-0.3, -0.25) is 14.6 Å². The van der Waals surface area contributed by atoms with Gasteiger partial charge in [-0.2, -0.15) is 18.2 Å². The molecule has 1 aliphatic heterocycles. The fraction of sp³-hybridized carbons (Fsp3) is 0.409. The first-order valence-corrected chi connectivity index (χ1v) is 10.3. The van der Waals surface area contributed by atoms with Gasteiger partial charge in [-0.25, -0.2) is 0 Å². The van der Waals surface area contributed by atoms with Crippen LogP contribution in [0.15, 0.2) is 34.9 Å². The zero-order chi connectivity index (χ0) is 22.9. The molecule has 10 heteroatoms. The molecule has 2 aromatic heterocycles. The summed E-state index contributed by atoms with van der Waals surface area (Å²) in [7, 11) is 0. The number of Topliss-reactive ketones (excluding diaryl/α,β-unsaturated/α-hetero) is 1. The normalized spacial score (nSPS) is 15.9. The van der Waals surface area contributed by atoms with Gasteiger partial charge < -0.3 is 9.51 Å². The van der Waals surface area contributed by atoms with Gasteiger partial charge in [-0.15, -0.1) is 0 Å². The quantitative estimate of drug-likeness (QED) is 0.581. The van der Waals surface area contributed by atoms with Gasteiger partial charge in [-0.05, 0) is 32.0 Å². The molecule has 0 amide bonds. The van der Waals surface area contributed by atoms with Crippen molar-refractivity contribution >= 4 is 5.78 Å². The number of aromatic nitrogens is 3. The van der Waals surface area contributed by atoms with Gasteiger partial charge in [0.25, 0.3) is 0 Å². The third-order valence-corrected chi connectivity index (χ3v) is 5.56. The van der Waals surface area contributed by atoms with Crippen LogP contribution in [-0.4, -0.2) is 63.4 Å². The van der Waals surface area contributed by atoms with Crippen LogP contribution in [0.3, 0.4) is 0 Å². The molecule has 170 valence electrons. The molecular formula is C22H24F3N5O2. The fourth-order valence-corrected chi connectivity index (χ4v) is 3.87. The Hall–Kier alpha value is -2.98. The highest BCUT2D eigenvalue weighted by atomic mass is 19.4. The second kappa shape index (κ2) is 8.87. The van der Waals surface area contributed by atoms with Crippen LogP contribution < -0.4 is 0 Å². The lowest BCUT2D eigenvalue weighted by molar-refractivity contribution is -0.137. The maximum atomic E-state index is 12.9. The summed E-state index contributed by atoms with van der Waals surface area (Å²) in [5.74, 6) is 0.579. The van der Waals surface area contributed by atoms with Crippen molar-refractivity contribution in [1.29, 1.82) is 0 Å². The molecule has 1 aromatic carbocycles. The van der Waals surface area contributed by atoms with E-state index < -0.39 is 11.7 Å². The smallest absolute Gasteiger partial charge is 0.362 e. The minimum Gasteiger partial charge on any atom is -0.362 e. The Morgan fingerprint density at radius 1 is 1.12 bits per heavy atom. The Morgan fingerprint density at radius 2 is 1.84 bits per heavy atom. The van der Waals surface area contributed by atoms with Gasteiger partial charge >= 0.3 is 6.18 Å². The van der Waals surface area contributed by atoms with E-state index in [0.29, 0.717) is 19.0 Å². The van der Waals surface area contributed by atoms with E-state index >= 15 is 0 Å². The van der Waals surface area contributed by atoms with E-state index in [-0.39, 0.29) is 17.2 Å². The standard InChI is InChI=1S/C22H24F3N5O2/c1-14-10-18(15(2)26-14)19(31)12-29-6-8-30(9-7-29)13-20-27-21(28-32-20)16-4-3-5-17(11-16)22(23,24)25/h3-5,10-11,26H,6-9,12-13H2,1-2H3. The molecule has 1 saturated heterocycles. The molecule has 0 saturated carbocycles. The number of hydrogen-bond donors (Lipinski definition) is 1. The number of alkyl halides is 3. The number of carbonyl (C=O) groups excluding carboxylic acids is 1. The molecular weight excluding hydrogens is 423 g/mol. The van der Waals surface area contributed by atoms with Gasteiger partial charge in [-0.1, -0.05) is 17.3 Å². The number of carbonyl (C=O) groups is 1. The van der Waals surface area contributed by atoms with Crippen LogP contribution in [0.1, 0.15) is 33.2 Å². The van der Waals surface area contributed by atoms with E-state index in [2.05, 4.69) is 24.9 Å². The van der Waals surface area contributed by atoms with Gasteiger partial charge in [0.2, 0.25) is 11.7 Å². The van der Waals surface area contributed by atoms with Crippen molar-refractivity contribution in [1.82, 2.24) is 24.9 Å². The molecule has 1 N–H and O–H groups in total. The first-order valence-electron chi connectivity index (χ1n) is 10.3. The lowest BCUT2D eigenvalue weighted by Crippen LogP contribution is -2.47. The molecule has 0 bridgehead atoms. The van der Waals surface area contributed by atoms with Crippen molar-refractivity contribution in [2.75, 3.05) is 32.7 Å². The molecule has 0 unspecified atom stereocenters. The van der Waals surface area contributed by atoms with Crippen LogP contribution in [-0.2, 0) is 12.7 Å². The number of aromatic amines is 1. The number of aryl methyl sites for hydroxylation is 2. The average Bonchev–Trinajstić information content (AvgIpc) is 3.35. The van der Waals surface area contributed by atoms with Gasteiger partial charge in [0, 0.05) is 48.7 Å². The molecule has 4 rings (SSSR count). The SMILES string of the molecule is Cc1cc(C(=O)CN2CCN(Cc3nc(-c4cccc(C(F)(F)F)c4)no3)CC2)c(C)[nH]1. The first-order chi connectivity index (χ1) is 15.2. The van der Waals surface area contributed by atoms with Crippen molar-refractivity contribution in [2.45, 2.75) is 26.6 Å². The third kappa shape index (κ3) is 5.08. The van der Waals surface area contributed by atoms with Crippen molar-refractivity contribution in [2.24, 2.45) is 0 Å². The zero-order valence-electron chi connectivity index (χ0n) is 17.9. The van der Waals surface area contributed by atoms with Crippen LogP contribution in [0.25, 0.3) is 11.4 Å². The van der Waals surface area contributed by atoms with E-state index in [1.165, 1.54) is 12.1 Å². The summed E-state index contributed by atoms with van der Waals surface area (Å²) in [6, 6.07) is 6.75. The summed E-state index contributed by atoms with van der Waals surface area (Å²) in [6.45, 7) is 7.50. The Labute approximate surface area is 183 Å². The molecule has 0 atom stereocenters. The Morgan fingerprint density at radius 3 is 2.50 bits per heavy atom. The minimum atomic E-state index is -4.43. The molecule has 0 spiro atoms. The summed E-state index contributed by atoms with van der Waals surface area (Å²) in [5.41, 5.74) is 2.10. The highest BCUT2D eigenvalue weighted by molar-refractivity contribution is 5.98. The summed E-state index contributed by atoms with van der Waals surface area (Å²) in [5, 5.41) is 3.84. The highest BCUT2D eigenvalue weighted by Gasteiger charge is 2.31. The number of rotatable bonds is 6. The summed E-state index contributed by atoms with van der Waals surface area (Å²) >= 11 is 0. The van der Waals surface area contributed by atoms with Gasteiger partial charge in [0.1, 0.15) is 0 Å². The van der Waals surface area contributed by atoms with Crippen LogP contribution in [0.2, 0.25) is 0 Å². The second-order valence-electron chi connectivity index (χ2n) is 8.06. The average molecular weight is 447 g/mol. The number of nitrogens with one attached hydrogen (secondary N) is 1. The van der Waals surface area contributed by atoms with E-state index in [9.17, 15) is 18.0 Å². The van der Waals surface area contributed by atoms with Crippen molar-refractivity contribution in [3.8, 4) is 11.4 Å². The van der Waals surface area contributed by atoms with Crippen LogP contribution in [0.5, 0.6) is 0 Å². The maximum absolute atomic E-state index is 12.9. The first kappa shape index (κ1) is 22.2. The van der Waals surface area contributed by atoms with E-state index in [1.807, 2.05) is 19.9 Å². The molecule has 7 nitrogen and oxygen atoms in total. The summed E-state index contributed by atoms with van der Waals surface area (Å²) in [4.78, 5) is 24.2. The van der Waals surface area contributed by atoms with Crippen molar-refractivity contribution < 1.29 is 22.5 Å². The Bertz CT molecular complexity index is 1100. The predicted octanol–water partition coefficient (Wildman–Crippen LogP) is 3.70. The monoisotopic (exact) mass is 447 g/mol. The second-order valence-corrected chi connectivity index (χ2v) is 8.06. The van der Waals surface area contributed by atoms with Crippen LogP contribution in [0, 0.1) is 13.8 Å². The zero-order valence-corrected chi connectivity index (χ0v) is 17.9. The lowest BCUT2D eigenvalue weighted by Gasteiger charge is -2.33. The molecule has 1 aliphatic rings. The summed E-state index contributed by atoms with van der Waals surface area (Å²) in [6.07, 6.45) is -4.43. The number of piperazine rings is 1. The van der Waals surface area contributed by atoms with Crippen molar-refractivity contribution in [3.05, 3.63) is 58.7 Å². The van der Waals surface area contributed by atoms with Gasteiger partial charge in [0.15, 0.2) is 5.78 Å². The van der Waals surface area contributed by atoms with E-state index in [4.69, 9.17) is 4.52 Å². The molecule has 1 fully saturated rings. The summed E-state index contributed by atoms with van der Waals surface area (Å²) < 4.78 is 44.0. The fourth-order valence-electron chi connectivity index (χ4n) is 3.87. The number of benzene rings is 1. The van der Waals surface area contributed by atoms with Crippen LogP contribution >= 0.6 is 0 Å². The largest absolute Gasteiger partial charge is 0.416 e. The Balaban J connectivity index is 1.31. The molecule has 3 heterocycles. The lowest BCUT2D eigenvalue weighted by atomic mass is 10.1. The molecule has 32 heavy (non-hydrogen) atoms. The number of nitrogens with zero attached hydrogens (tertiary/aromatic N) is 4. The Kier molecular flexibility index (Phi) is 6.16. The minimum absolute atomic E-state index is 0.0999. The topological polar surface area (TPSA) is 78.3 Å². The number of ketones is 1. The molecule has 0 radical (unpaired) electrons. The van der Waals surface area contributed by atoms with Crippen molar-refractivity contribution in [3.63, 3.8) is 0 Å². The van der Waals surface area contributed by atoms with E-state index in [0.717, 1.165) is 55.3 Å². The molecule has 0 aliphatic carbocycles.